The molecule has 0 aromatic carbocycles. The van der Waals surface area contributed by atoms with E-state index < -0.39 is 0 Å². The first-order valence-electron chi connectivity index (χ1n) is 19.5. The average Bonchev–Trinajstić information content (AvgIpc) is 3.12. The Kier molecular flexibility index (Phi) is 28.1. The van der Waals surface area contributed by atoms with E-state index in [2.05, 4.69) is 27.0 Å². The van der Waals surface area contributed by atoms with E-state index in [0.29, 0.717) is 52.5 Å². The van der Waals surface area contributed by atoms with Gasteiger partial charge in [0.25, 0.3) is 0 Å². The second-order valence-corrected chi connectivity index (χ2v) is 13.3. The number of esters is 4. The van der Waals surface area contributed by atoms with Crippen molar-refractivity contribution in [3.8, 4) is 0 Å². The fourth-order valence-electron chi connectivity index (χ4n) is 6.10. The normalized spacial score (nSPS) is 16.9. The summed E-state index contributed by atoms with van der Waals surface area (Å²) in [4.78, 5) is 47.9. The summed E-state index contributed by atoms with van der Waals surface area (Å²) in [5.41, 5.74) is 0. The summed E-state index contributed by atoms with van der Waals surface area (Å²) in [5.74, 6) is -1.19. The Bertz CT molecular complexity index is 927. The Morgan fingerprint density at radius 2 is 1.12 bits per heavy atom. The quantitative estimate of drug-likeness (QED) is 0.0291. The van der Waals surface area contributed by atoms with Gasteiger partial charge in [-0.1, -0.05) is 52.7 Å². The van der Waals surface area contributed by atoms with Gasteiger partial charge in [0, 0.05) is 32.0 Å². The first kappa shape index (κ1) is 45.3. The van der Waals surface area contributed by atoms with E-state index in [1.54, 1.807) is 0 Å². The predicted molar refractivity (Wildman–Crippen MR) is 194 cm³/mol. The maximum Gasteiger partial charge on any atom is 0.330 e. The molecule has 0 amide bonds. The highest BCUT2D eigenvalue weighted by molar-refractivity contribution is 5.81. The molecule has 1 rings (SSSR count). The monoisotopic (exact) mass is 708 g/mol. The zero-order valence-corrected chi connectivity index (χ0v) is 31.3. The van der Waals surface area contributed by atoms with Crippen LogP contribution < -0.4 is 0 Å². The molecule has 0 aromatic heterocycles. The van der Waals surface area contributed by atoms with Crippen LogP contribution in [0.5, 0.6) is 0 Å². The smallest absolute Gasteiger partial charge is 0.330 e. The van der Waals surface area contributed by atoms with Crippen molar-refractivity contribution in [1.29, 1.82) is 0 Å². The van der Waals surface area contributed by atoms with Gasteiger partial charge in [-0.15, -0.1) is 0 Å². The third kappa shape index (κ3) is 23.6. The Hall–Kier alpha value is -2.72. The summed E-state index contributed by atoms with van der Waals surface area (Å²) in [6.45, 7) is 14.2. The van der Waals surface area contributed by atoms with Gasteiger partial charge in [0.2, 0.25) is 0 Å². The van der Waals surface area contributed by atoms with Gasteiger partial charge < -0.3 is 28.4 Å². The first-order valence-corrected chi connectivity index (χ1v) is 19.5. The van der Waals surface area contributed by atoms with Crippen molar-refractivity contribution >= 4 is 23.9 Å². The fourth-order valence-corrected chi connectivity index (χ4v) is 6.10. The van der Waals surface area contributed by atoms with Gasteiger partial charge in [-0.25, -0.2) is 9.59 Å². The van der Waals surface area contributed by atoms with Gasteiger partial charge in [-0.05, 0) is 103 Å². The SMILES string of the molecule is C=CC(=O)OCCCCCCOCCCC(CCC)C(=O)OCCCC(CCC)OC(=O)C1CCC(OCCCCCCOC(=O)C=C)CC1. The van der Waals surface area contributed by atoms with E-state index in [4.69, 9.17) is 28.4 Å². The lowest BCUT2D eigenvalue weighted by Gasteiger charge is -2.29. The minimum absolute atomic E-state index is 0.0790. The van der Waals surface area contributed by atoms with Crippen molar-refractivity contribution in [3.63, 3.8) is 0 Å². The molecule has 50 heavy (non-hydrogen) atoms. The van der Waals surface area contributed by atoms with Crippen molar-refractivity contribution in [3.05, 3.63) is 25.3 Å². The lowest BCUT2D eigenvalue weighted by Crippen LogP contribution is -2.30. The van der Waals surface area contributed by atoms with Gasteiger partial charge in [0.1, 0.15) is 6.10 Å². The highest BCUT2D eigenvalue weighted by Crippen LogP contribution is 2.28. The lowest BCUT2D eigenvalue weighted by molar-refractivity contribution is -0.158. The zero-order valence-electron chi connectivity index (χ0n) is 31.3. The molecule has 2 atom stereocenters. The van der Waals surface area contributed by atoms with Crippen LogP contribution in [0, 0.1) is 11.8 Å². The molecule has 1 fully saturated rings. The zero-order chi connectivity index (χ0) is 36.7. The van der Waals surface area contributed by atoms with Gasteiger partial charge in [0.15, 0.2) is 0 Å². The van der Waals surface area contributed by atoms with Crippen LogP contribution in [0.4, 0.5) is 0 Å². The van der Waals surface area contributed by atoms with E-state index in [-0.39, 0.29) is 47.9 Å². The molecule has 1 aliphatic carbocycles. The number of carbonyl (C=O) groups excluding carboxylic acids is 4. The van der Waals surface area contributed by atoms with E-state index in [1.807, 2.05) is 0 Å². The van der Waals surface area contributed by atoms with Crippen LogP contribution in [0.15, 0.2) is 25.3 Å². The summed E-state index contributed by atoms with van der Waals surface area (Å²) in [6, 6.07) is 0. The third-order valence-corrected chi connectivity index (χ3v) is 9.02. The van der Waals surface area contributed by atoms with E-state index in [0.717, 1.165) is 116 Å². The minimum atomic E-state index is -0.378. The molecule has 0 bridgehead atoms. The minimum Gasteiger partial charge on any atom is -0.465 e. The fraction of sp³-hybridized carbons (Fsp3) is 0.800. The molecule has 1 saturated carbocycles. The maximum atomic E-state index is 13.0. The first-order chi connectivity index (χ1) is 24.3. The Morgan fingerprint density at radius 3 is 1.70 bits per heavy atom. The second kappa shape index (κ2) is 31.1. The van der Waals surface area contributed by atoms with Gasteiger partial charge in [-0.2, -0.15) is 0 Å². The lowest BCUT2D eigenvalue weighted by atomic mass is 9.87. The predicted octanol–water partition coefficient (Wildman–Crippen LogP) is 8.39. The summed E-state index contributed by atoms with van der Waals surface area (Å²) in [7, 11) is 0. The van der Waals surface area contributed by atoms with Crippen molar-refractivity contribution in [2.45, 2.75) is 154 Å². The molecule has 0 radical (unpaired) electrons. The molecule has 0 spiro atoms. The molecular weight excluding hydrogens is 640 g/mol. The molecule has 0 aromatic rings. The van der Waals surface area contributed by atoms with Crippen molar-refractivity contribution < 1.29 is 47.6 Å². The molecule has 1 aliphatic rings. The van der Waals surface area contributed by atoms with Gasteiger partial charge in [0.05, 0.1) is 37.8 Å². The number of ether oxygens (including phenoxy) is 6. The molecule has 0 N–H and O–H groups in total. The number of unbranched alkanes of at least 4 members (excludes halogenated alkanes) is 6. The average molecular weight is 709 g/mol. The topological polar surface area (TPSA) is 124 Å². The molecule has 0 heterocycles. The van der Waals surface area contributed by atoms with Crippen molar-refractivity contribution in [2.75, 3.05) is 39.6 Å². The van der Waals surface area contributed by atoms with Crippen LogP contribution in [-0.4, -0.2) is 75.7 Å². The largest absolute Gasteiger partial charge is 0.465 e. The van der Waals surface area contributed by atoms with Crippen LogP contribution >= 0.6 is 0 Å². The Balaban J connectivity index is 2.18. The van der Waals surface area contributed by atoms with E-state index in [9.17, 15) is 19.2 Å². The second-order valence-electron chi connectivity index (χ2n) is 13.3. The maximum absolute atomic E-state index is 13.0. The van der Waals surface area contributed by atoms with Crippen molar-refractivity contribution in [1.82, 2.24) is 0 Å². The Morgan fingerprint density at radius 1 is 0.600 bits per heavy atom. The number of rotatable bonds is 32. The highest BCUT2D eigenvalue weighted by Gasteiger charge is 2.29. The molecule has 288 valence electrons. The van der Waals surface area contributed by atoms with Crippen LogP contribution in [-0.2, 0) is 47.6 Å². The molecule has 2 unspecified atom stereocenters. The third-order valence-electron chi connectivity index (χ3n) is 9.02. The molecule has 0 saturated heterocycles. The van der Waals surface area contributed by atoms with Gasteiger partial charge in [-0.3, -0.25) is 9.59 Å². The van der Waals surface area contributed by atoms with Crippen LogP contribution in [0.25, 0.3) is 0 Å². The van der Waals surface area contributed by atoms with E-state index in [1.165, 1.54) is 12.2 Å². The number of hydrogen-bond donors (Lipinski definition) is 0. The Labute approximate surface area is 302 Å². The summed E-state index contributed by atoms with van der Waals surface area (Å²) < 4.78 is 33.4. The van der Waals surface area contributed by atoms with Crippen LogP contribution in [0.3, 0.4) is 0 Å². The van der Waals surface area contributed by atoms with Crippen LogP contribution in [0.2, 0.25) is 0 Å². The summed E-state index contributed by atoms with van der Waals surface area (Å²) in [5, 5.41) is 0. The molecular formula is C40H68O10. The summed E-state index contributed by atoms with van der Waals surface area (Å²) >= 11 is 0. The van der Waals surface area contributed by atoms with Crippen molar-refractivity contribution in [2.24, 2.45) is 11.8 Å². The molecule has 10 heteroatoms. The van der Waals surface area contributed by atoms with Crippen LogP contribution in [0.1, 0.15) is 142 Å². The molecule has 10 nitrogen and oxygen atoms in total. The highest BCUT2D eigenvalue weighted by atomic mass is 16.6. The van der Waals surface area contributed by atoms with E-state index >= 15 is 0 Å². The number of carbonyl (C=O) groups is 4. The number of hydrogen-bond acceptors (Lipinski definition) is 10. The standard InChI is InChI=1S/C40H68O10/c1-5-19-33(21-17-28-45-27-13-9-10-15-30-47-37(41)7-3)39(43)49-32-18-22-36(20-6-2)50-40(44)34-23-25-35(26-24-34)46-29-14-11-12-16-31-48-38(42)8-4/h7-8,33-36H,3-6,9-32H2,1-2H3. The summed E-state index contributed by atoms with van der Waals surface area (Å²) in [6.07, 6.45) is 19.7. The van der Waals surface area contributed by atoms with Gasteiger partial charge >= 0.3 is 23.9 Å². The molecule has 0 aliphatic heterocycles.